The summed E-state index contributed by atoms with van der Waals surface area (Å²) in [6, 6.07) is 10.2. The highest BCUT2D eigenvalue weighted by Crippen LogP contribution is 2.27. The second-order valence-electron chi connectivity index (χ2n) is 4.28. The number of aromatic nitrogens is 1. The largest absolute Gasteiger partial charge is 0.454 e. The highest BCUT2D eigenvalue weighted by Gasteiger charge is 2.41. The van der Waals surface area contributed by atoms with E-state index in [1.54, 1.807) is 35.8 Å². The van der Waals surface area contributed by atoms with Crippen LogP contribution in [0, 0.1) is 13.8 Å². The molecule has 0 aliphatic rings. The van der Waals surface area contributed by atoms with Gasteiger partial charge in [-0.05, 0) is 32.0 Å². The van der Waals surface area contributed by atoms with Crippen molar-refractivity contribution in [1.29, 1.82) is 0 Å². The molecule has 2 nitrogen and oxygen atoms in total. The molecular formula is C14H12F3NO. The highest BCUT2D eigenvalue weighted by molar-refractivity contribution is 6.01. The lowest BCUT2D eigenvalue weighted by Gasteiger charge is -2.10. The van der Waals surface area contributed by atoms with Crippen LogP contribution in [0.2, 0.25) is 0 Å². The fourth-order valence-electron chi connectivity index (χ4n) is 2.12. The van der Waals surface area contributed by atoms with E-state index in [4.69, 9.17) is 0 Å². The molecule has 0 N–H and O–H groups in total. The third-order valence-corrected chi connectivity index (χ3v) is 2.95. The number of carbonyl (C=O) groups is 1. The number of Topliss-reactive ketones (excluding diaryl/α,β-unsaturated/α-hetero) is 1. The summed E-state index contributed by atoms with van der Waals surface area (Å²) in [5, 5.41) is 0. The maximum atomic E-state index is 12.5. The van der Waals surface area contributed by atoms with E-state index in [9.17, 15) is 18.0 Å². The molecule has 5 heteroatoms. The minimum Gasteiger partial charge on any atom is -0.318 e. The minimum atomic E-state index is -4.85. The molecule has 0 bridgehead atoms. The fraction of sp³-hybridized carbons (Fsp3) is 0.214. The van der Waals surface area contributed by atoms with Crippen LogP contribution in [0.5, 0.6) is 0 Å². The Labute approximate surface area is 108 Å². The van der Waals surface area contributed by atoms with Crippen molar-refractivity contribution < 1.29 is 18.0 Å². The van der Waals surface area contributed by atoms with Crippen LogP contribution in [0.25, 0.3) is 5.69 Å². The van der Waals surface area contributed by atoms with Crippen molar-refractivity contribution >= 4 is 5.78 Å². The summed E-state index contributed by atoms with van der Waals surface area (Å²) < 4.78 is 39.1. The number of rotatable bonds is 2. The summed E-state index contributed by atoms with van der Waals surface area (Å²) in [5.74, 6) is -1.80. The maximum Gasteiger partial charge on any atom is 0.454 e. The molecule has 1 heterocycles. The van der Waals surface area contributed by atoms with Crippen LogP contribution < -0.4 is 0 Å². The first-order chi connectivity index (χ1) is 8.82. The lowest BCUT2D eigenvalue weighted by atomic mass is 10.1. The van der Waals surface area contributed by atoms with Gasteiger partial charge in [-0.3, -0.25) is 4.79 Å². The van der Waals surface area contributed by atoms with Crippen molar-refractivity contribution in [2.75, 3.05) is 0 Å². The van der Waals surface area contributed by atoms with Crippen molar-refractivity contribution in [2.45, 2.75) is 20.0 Å². The standard InChI is InChI=1S/C14H12F3NO/c1-9-8-12(13(19)14(15,16)17)10(2)18(9)11-6-4-3-5-7-11/h3-8H,1-2H3. The number of carbonyl (C=O) groups excluding carboxylic acids is 1. The van der Waals surface area contributed by atoms with Gasteiger partial charge in [0.2, 0.25) is 0 Å². The van der Waals surface area contributed by atoms with Crippen molar-refractivity contribution in [3.8, 4) is 5.69 Å². The van der Waals surface area contributed by atoms with Crippen LogP contribution in [0.15, 0.2) is 36.4 Å². The zero-order chi connectivity index (χ0) is 14.2. The normalized spacial score (nSPS) is 11.6. The molecule has 0 saturated heterocycles. The molecule has 0 aliphatic heterocycles. The van der Waals surface area contributed by atoms with Gasteiger partial charge in [0.25, 0.3) is 5.78 Å². The van der Waals surface area contributed by atoms with Gasteiger partial charge in [-0.15, -0.1) is 0 Å². The first kappa shape index (κ1) is 13.4. The van der Waals surface area contributed by atoms with Crippen LogP contribution in [-0.4, -0.2) is 16.5 Å². The Hall–Kier alpha value is -2.04. The first-order valence-electron chi connectivity index (χ1n) is 5.68. The van der Waals surface area contributed by atoms with Crippen molar-refractivity contribution in [1.82, 2.24) is 4.57 Å². The van der Waals surface area contributed by atoms with Gasteiger partial charge < -0.3 is 4.57 Å². The molecule has 0 unspecified atom stereocenters. The molecular weight excluding hydrogens is 255 g/mol. The van der Waals surface area contributed by atoms with Crippen molar-refractivity contribution in [3.05, 3.63) is 53.3 Å². The topological polar surface area (TPSA) is 22.0 Å². The van der Waals surface area contributed by atoms with Gasteiger partial charge in [0.1, 0.15) is 0 Å². The van der Waals surface area contributed by atoms with Crippen LogP contribution >= 0.6 is 0 Å². The molecule has 0 amide bonds. The van der Waals surface area contributed by atoms with Gasteiger partial charge in [0, 0.05) is 22.6 Å². The van der Waals surface area contributed by atoms with E-state index in [0.717, 1.165) is 5.69 Å². The SMILES string of the molecule is Cc1cc(C(=O)C(F)(F)F)c(C)n1-c1ccccc1. The smallest absolute Gasteiger partial charge is 0.318 e. The van der Waals surface area contributed by atoms with E-state index >= 15 is 0 Å². The number of ketones is 1. The van der Waals surface area contributed by atoms with E-state index in [0.29, 0.717) is 11.4 Å². The Bertz CT molecular complexity index is 612. The van der Waals surface area contributed by atoms with Crippen molar-refractivity contribution in [2.24, 2.45) is 0 Å². The molecule has 0 radical (unpaired) electrons. The van der Waals surface area contributed by atoms with E-state index in [1.165, 1.54) is 13.0 Å². The van der Waals surface area contributed by atoms with Gasteiger partial charge >= 0.3 is 6.18 Å². The molecule has 2 rings (SSSR count). The molecule has 100 valence electrons. The van der Waals surface area contributed by atoms with Gasteiger partial charge in [0.05, 0.1) is 0 Å². The lowest BCUT2D eigenvalue weighted by Crippen LogP contribution is -2.23. The number of alkyl halides is 3. The average Bonchev–Trinajstić information content (AvgIpc) is 2.64. The molecule has 0 spiro atoms. The number of halogens is 3. The van der Waals surface area contributed by atoms with E-state index in [2.05, 4.69) is 0 Å². The van der Waals surface area contributed by atoms with Crippen LogP contribution in [-0.2, 0) is 0 Å². The number of para-hydroxylation sites is 1. The third kappa shape index (κ3) is 2.41. The lowest BCUT2D eigenvalue weighted by molar-refractivity contribution is -0.0885. The predicted octanol–water partition coefficient (Wildman–Crippen LogP) is 3.84. The molecule has 0 aliphatic carbocycles. The molecule has 1 aromatic heterocycles. The second kappa shape index (κ2) is 4.57. The number of benzene rings is 1. The first-order valence-corrected chi connectivity index (χ1v) is 5.68. The van der Waals surface area contributed by atoms with Gasteiger partial charge in [-0.1, -0.05) is 18.2 Å². The minimum absolute atomic E-state index is 0.297. The van der Waals surface area contributed by atoms with E-state index < -0.39 is 12.0 Å². The Morgan fingerprint density at radius 3 is 2.21 bits per heavy atom. The molecule has 0 fully saturated rings. The summed E-state index contributed by atoms with van der Waals surface area (Å²) in [5.41, 5.74) is 1.33. The molecule has 0 saturated carbocycles. The highest BCUT2D eigenvalue weighted by atomic mass is 19.4. The maximum absolute atomic E-state index is 12.5. The quantitative estimate of drug-likeness (QED) is 0.758. The Morgan fingerprint density at radius 1 is 1.11 bits per heavy atom. The zero-order valence-electron chi connectivity index (χ0n) is 10.5. The summed E-state index contributed by atoms with van der Waals surface area (Å²) >= 11 is 0. The molecule has 19 heavy (non-hydrogen) atoms. The average molecular weight is 267 g/mol. The van der Waals surface area contributed by atoms with Crippen LogP contribution in [0.4, 0.5) is 13.2 Å². The summed E-state index contributed by atoms with van der Waals surface area (Å²) in [7, 11) is 0. The Balaban J connectivity index is 2.56. The summed E-state index contributed by atoms with van der Waals surface area (Å²) in [4.78, 5) is 11.3. The number of nitrogens with zero attached hydrogens (tertiary/aromatic N) is 1. The van der Waals surface area contributed by atoms with E-state index in [-0.39, 0.29) is 5.56 Å². The number of hydrogen-bond acceptors (Lipinski definition) is 1. The Morgan fingerprint density at radius 2 is 1.68 bits per heavy atom. The van der Waals surface area contributed by atoms with Gasteiger partial charge in [0.15, 0.2) is 0 Å². The van der Waals surface area contributed by atoms with Gasteiger partial charge in [-0.25, -0.2) is 0 Å². The second-order valence-corrected chi connectivity index (χ2v) is 4.28. The van der Waals surface area contributed by atoms with Crippen molar-refractivity contribution in [3.63, 3.8) is 0 Å². The Kier molecular flexibility index (Phi) is 3.22. The summed E-state index contributed by atoms with van der Waals surface area (Å²) in [6.45, 7) is 3.19. The third-order valence-electron chi connectivity index (χ3n) is 2.95. The number of aryl methyl sites for hydroxylation is 1. The molecule has 2 aromatic rings. The van der Waals surface area contributed by atoms with Crippen LogP contribution in [0.1, 0.15) is 21.7 Å². The monoisotopic (exact) mass is 267 g/mol. The molecule has 0 atom stereocenters. The summed E-state index contributed by atoms with van der Waals surface area (Å²) in [6.07, 6.45) is -4.85. The number of hydrogen-bond donors (Lipinski definition) is 0. The van der Waals surface area contributed by atoms with E-state index in [1.807, 2.05) is 6.07 Å². The predicted molar refractivity (Wildman–Crippen MR) is 65.6 cm³/mol. The molecule has 1 aromatic carbocycles. The van der Waals surface area contributed by atoms with Crippen LogP contribution in [0.3, 0.4) is 0 Å². The fourth-order valence-corrected chi connectivity index (χ4v) is 2.12. The zero-order valence-corrected chi connectivity index (χ0v) is 10.5. The van der Waals surface area contributed by atoms with Gasteiger partial charge in [-0.2, -0.15) is 13.2 Å².